The third-order valence-electron chi connectivity index (χ3n) is 3.62. The fourth-order valence-electron chi connectivity index (χ4n) is 2.27. The Kier molecular flexibility index (Phi) is 6.05. The second kappa shape index (κ2) is 8.08. The van der Waals surface area contributed by atoms with Gasteiger partial charge in [-0.25, -0.2) is 4.98 Å². The SMILES string of the molecule is CNc1nc(Nc2ccc(CC(N)C(=O)O)cc2OC)ncc1C(F)(F)F. The fraction of sp³-hybridized carbons (Fsp3) is 0.312. The summed E-state index contributed by atoms with van der Waals surface area (Å²) in [6.45, 7) is 0. The number of alkyl halides is 3. The van der Waals surface area contributed by atoms with Gasteiger partial charge in [-0.05, 0) is 24.1 Å². The van der Waals surface area contributed by atoms with Gasteiger partial charge in [-0.3, -0.25) is 4.79 Å². The second-order valence-electron chi connectivity index (χ2n) is 5.51. The molecule has 0 aliphatic carbocycles. The minimum Gasteiger partial charge on any atom is -0.495 e. The first kappa shape index (κ1) is 20.2. The predicted octanol–water partition coefficient (Wildman–Crippen LogP) is 2.24. The molecule has 2 rings (SSSR count). The molecule has 146 valence electrons. The lowest BCUT2D eigenvalue weighted by atomic mass is 10.1. The average molecular weight is 385 g/mol. The number of nitrogens with zero attached hydrogens (tertiary/aromatic N) is 2. The van der Waals surface area contributed by atoms with Gasteiger partial charge in [0, 0.05) is 13.2 Å². The van der Waals surface area contributed by atoms with Crippen LogP contribution in [0.15, 0.2) is 24.4 Å². The number of benzene rings is 1. The highest BCUT2D eigenvalue weighted by molar-refractivity contribution is 5.73. The van der Waals surface area contributed by atoms with Crippen LogP contribution in [0.3, 0.4) is 0 Å². The van der Waals surface area contributed by atoms with Gasteiger partial charge in [-0.1, -0.05) is 6.07 Å². The average Bonchev–Trinajstić information content (AvgIpc) is 2.61. The third-order valence-corrected chi connectivity index (χ3v) is 3.62. The first-order valence-corrected chi connectivity index (χ1v) is 7.70. The molecular formula is C16H18F3N5O3. The second-order valence-corrected chi connectivity index (χ2v) is 5.51. The fourth-order valence-corrected chi connectivity index (χ4v) is 2.27. The van der Waals surface area contributed by atoms with Gasteiger partial charge < -0.3 is 26.2 Å². The molecule has 1 aromatic heterocycles. The number of carboxylic acid groups (broad SMARTS) is 1. The van der Waals surface area contributed by atoms with Crippen molar-refractivity contribution in [1.29, 1.82) is 0 Å². The number of halogens is 3. The summed E-state index contributed by atoms with van der Waals surface area (Å²) >= 11 is 0. The van der Waals surface area contributed by atoms with Crippen LogP contribution in [0.4, 0.5) is 30.6 Å². The lowest BCUT2D eigenvalue weighted by molar-refractivity contribution is -0.139. The van der Waals surface area contributed by atoms with Crippen molar-refractivity contribution in [2.45, 2.75) is 18.6 Å². The number of methoxy groups -OCH3 is 1. The summed E-state index contributed by atoms with van der Waals surface area (Å²) in [6.07, 6.45) is -3.82. The third kappa shape index (κ3) is 4.97. The monoisotopic (exact) mass is 385 g/mol. The summed E-state index contributed by atoms with van der Waals surface area (Å²) in [5, 5.41) is 14.0. The zero-order chi connectivity index (χ0) is 20.2. The Labute approximate surface area is 152 Å². The molecule has 0 amide bonds. The van der Waals surface area contributed by atoms with Gasteiger partial charge >= 0.3 is 12.1 Å². The van der Waals surface area contributed by atoms with E-state index in [2.05, 4.69) is 20.6 Å². The van der Waals surface area contributed by atoms with Gasteiger partial charge in [-0.15, -0.1) is 0 Å². The van der Waals surface area contributed by atoms with E-state index in [4.69, 9.17) is 15.6 Å². The number of nitrogens with one attached hydrogen (secondary N) is 2. The Morgan fingerprint density at radius 3 is 2.67 bits per heavy atom. The normalized spacial score (nSPS) is 12.4. The Balaban J connectivity index is 2.28. The van der Waals surface area contributed by atoms with E-state index < -0.39 is 23.8 Å². The molecule has 8 nitrogen and oxygen atoms in total. The molecule has 5 N–H and O–H groups in total. The number of hydrogen-bond donors (Lipinski definition) is 4. The topological polar surface area (TPSA) is 122 Å². The summed E-state index contributed by atoms with van der Waals surface area (Å²) in [5.74, 6) is -1.24. The van der Waals surface area contributed by atoms with E-state index in [1.165, 1.54) is 14.2 Å². The number of aromatic nitrogens is 2. The number of ether oxygens (including phenoxy) is 1. The highest BCUT2D eigenvalue weighted by Crippen LogP contribution is 2.34. The minimum absolute atomic E-state index is 0.0689. The first-order chi connectivity index (χ1) is 12.7. The number of carboxylic acids is 1. The van der Waals surface area contributed by atoms with Crippen LogP contribution in [0.1, 0.15) is 11.1 Å². The molecule has 0 fully saturated rings. The maximum absolute atomic E-state index is 12.9. The highest BCUT2D eigenvalue weighted by atomic mass is 19.4. The van der Waals surface area contributed by atoms with E-state index in [9.17, 15) is 18.0 Å². The van der Waals surface area contributed by atoms with Gasteiger partial charge in [0.15, 0.2) is 0 Å². The van der Waals surface area contributed by atoms with Crippen LogP contribution in [0, 0.1) is 0 Å². The number of hydrogen-bond acceptors (Lipinski definition) is 7. The van der Waals surface area contributed by atoms with Crippen molar-refractivity contribution in [3.63, 3.8) is 0 Å². The predicted molar refractivity (Wildman–Crippen MR) is 92.2 cm³/mol. The maximum Gasteiger partial charge on any atom is 0.421 e. The van der Waals surface area contributed by atoms with E-state index in [0.29, 0.717) is 23.2 Å². The maximum atomic E-state index is 12.9. The van der Waals surface area contributed by atoms with Gasteiger partial charge in [0.25, 0.3) is 0 Å². The van der Waals surface area contributed by atoms with E-state index in [-0.39, 0.29) is 18.2 Å². The van der Waals surface area contributed by atoms with E-state index in [1.807, 2.05) is 0 Å². The Hall–Kier alpha value is -3.08. The molecule has 0 radical (unpaired) electrons. The van der Waals surface area contributed by atoms with E-state index in [0.717, 1.165) is 0 Å². The Morgan fingerprint density at radius 2 is 2.11 bits per heavy atom. The molecule has 1 heterocycles. The molecule has 0 aliphatic heterocycles. The van der Waals surface area contributed by atoms with Crippen LogP contribution >= 0.6 is 0 Å². The Bertz CT molecular complexity index is 829. The number of nitrogens with two attached hydrogens (primary N) is 1. The van der Waals surface area contributed by atoms with Gasteiger partial charge in [0.05, 0.1) is 12.8 Å². The molecule has 1 aromatic carbocycles. The summed E-state index contributed by atoms with van der Waals surface area (Å²) in [7, 11) is 2.72. The number of rotatable bonds is 7. The molecule has 0 bridgehead atoms. The molecule has 0 spiro atoms. The minimum atomic E-state index is -4.58. The van der Waals surface area contributed by atoms with Crippen LogP contribution < -0.4 is 21.1 Å². The molecule has 1 atom stereocenters. The van der Waals surface area contributed by atoms with Crippen molar-refractivity contribution < 1.29 is 27.8 Å². The number of aliphatic carboxylic acids is 1. The van der Waals surface area contributed by atoms with Crippen molar-refractivity contribution in [3.8, 4) is 5.75 Å². The van der Waals surface area contributed by atoms with Crippen molar-refractivity contribution >= 4 is 23.4 Å². The first-order valence-electron chi connectivity index (χ1n) is 7.70. The van der Waals surface area contributed by atoms with Crippen molar-refractivity contribution in [3.05, 3.63) is 35.5 Å². The molecule has 0 saturated carbocycles. The standard InChI is InChI=1S/C16H18F3N5O3/c1-21-13-9(16(17,18)19)7-22-15(24-13)23-11-4-3-8(6-12(11)27-2)5-10(20)14(25)26/h3-4,6-7,10H,5,20H2,1-2H3,(H,25,26)(H2,21,22,23,24). The van der Waals surface area contributed by atoms with Crippen LogP contribution in [0.5, 0.6) is 5.75 Å². The van der Waals surface area contributed by atoms with Crippen molar-refractivity contribution in [2.24, 2.45) is 5.73 Å². The molecule has 11 heteroatoms. The molecule has 0 saturated heterocycles. The zero-order valence-electron chi connectivity index (χ0n) is 14.5. The van der Waals surface area contributed by atoms with Crippen LogP contribution in [0.25, 0.3) is 0 Å². The van der Waals surface area contributed by atoms with E-state index in [1.54, 1.807) is 18.2 Å². The van der Waals surface area contributed by atoms with Crippen molar-refractivity contribution in [1.82, 2.24) is 9.97 Å². The molecule has 2 aromatic rings. The molecule has 0 aliphatic rings. The molecular weight excluding hydrogens is 367 g/mol. The van der Waals surface area contributed by atoms with E-state index >= 15 is 0 Å². The number of carbonyl (C=O) groups is 1. The van der Waals surface area contributed by atoms with Gasteiger partial charge in [0.1, 0.15) is 23.2 Å². The number of anilines is 3. The Morgan fingerprint density at radius 1 is 1.41 bits per heavy atom. The zero-order valence-corrected chi connectivity index (χ0v) is 14.5. The highest BCUT2D eigenvalue weighted by Gasteiger charge is 2.35. The summed E-state index contributed by atoms with van der Waals surface area (Å²) in [4.78, 5) is 18.4. The van der Waals surface area contributed by atoms with Crippen LogP contribution in [0.2, 0.25) is 0 Å². The van der Waals surface area contributed by atoms with Gasteiger partial charge in [0.2, 0.25) is 5.95 Å². The van der Waals surface area contributed by atoms with Crippen LogP contribution in [-0.2, 0) is 17.4 Å². The molecule has 1 unspecified atom stereocenters. The lowest BCUT2D eigenvalue weighted by Crippen LogP contribution is -2.32. The largest absolute Gasteiger partial charge is 0.495 e. The summed E-state index contributed by atoms with van der Waals surface area (Å²) < 4.78 is 43.9. The summed E-state index contributed by atoms with van der Waals surface area (Å²) in [6, 6.07) is 3.71. The van der Waals surface area contributed by atoms with Crippen molar-refractivity contribution in [2.75, 3.05) is 24.8 Å². The van der Waals surface area contributed by atoms with Crippen LogP contribution in [-0.4, -0.2) is 41.2 Å². The summed E-state index contributed by atoms with van der Waals surface area (Å²) in [5.41, 5.74) is 5.54. The smallest absolute Gasteiger partial charge is 0.421 e. The van der Waals surface area contributed by atoms with Gasteiger partial charge in [-0.2, -0.15) is 18.2 Å². The molecule has 27 heavy (non-hydrogen) atoms. The quantitative estimate of drug-likeness (QED) is 0.572. The lowest BCUT2D eigenvalue weighted by Gasteiger charge is -2.15.